The largest absolute Gasteiger partial charge is 0.741 e. The highest BCUT2D eigenvalue weighted by molar-refractivity contribution is 7.92. The van der Waals surface area contributed by atoms with E-state index in [0.29, 0.717) is 0 Å². The first kappa shape index (κ1) is 21.8. The Morgan fingerprint density at radius 1 is 1.12 bits per heavy atom. The lowest BCUT2D eigenvalue weighted by molar-refractivity contribution is -0.670. The lowest BCUT2D eigenvalue weighted by Crippen LogP contribution is -2.45. The van der Waals surface area contributed by atoms with Gasteiger partial charge in [0.1, 0.15) is 12.4 Å². The van der Waals surface area contributed by atoms with Gasteiger partial charge in [-0.3, -0.25) is 0 Å². The minimum Gasteiger partial charge on any atom is -0.741 e. The molecule has 0 unspecified atom stereocenters. The highest BCUT2D eigenvalue weighted by Gasteiger charge is 2.37. The molecule has 0 aromatic carbocycles. The number of aryl methyl sites for hydroxylation is 1. The van der Waals surface area contributed by atoms with Crippen molar-refractivity contribution in [1.82, 2.24) is 8.28 Å². The zero-order valence-corrected chi connectivity index (χ0v) is 15.1. The lowest BCUT2D eigenvalue weighted by Gasteiger charge is -2.23. The molecule has 0 N–H and O–H groups in total. The Labute approximate surface area is 142 Å². The second-order valence-electron chi connectivity index (χ2n) is 4.87. The van der Waals surface area contributed by atoms with Crippen molar-refractivity contribution in [2.75, 3.05) is 24.6 Å². The Morgan fingerprint density at radius 2 is 1.56 bits per heavy atom. The van der Waals surface area contributed by atoms with E-state index in [-0.39, 0.29) is 24.6 Å². The van der Waals surface area contributed by atoms with Crippen LogP contribution in [0.1, 0.15) is 0 Å². The fourth-order valence-electron chi connectivity index (χ4n) is 1.62. The van der Waals surface area contributed by atoms with Gasteiger partial charge in [-0.2, -0.15) is 25.9 Å². The summed E-state index contributed by atoms with van der Waals surface area (Å²) in [7, 11) is -11.1. The Morgan fingerprint density at radius 3 is 1.88 bits per heavy atom. The van der Waals surface area contributed by atoms with Crippen molar-refractivity contribution >= 4 is 30.2 Å². The lowest BCUT2D eigenvalue weighted by atomic mass is 10.6. The van der Waals surface area contributed by atoms with E-state index in [0.717, 1.165) is 3.97 Å². The van der Waals surface area contributed by atoms with Crippen molar-refractivity contribution in [2.24, 2.45) is 7.05 Å². The van der Waals surface area contributed by atoms with Gasteiger partial charge in [-0.15, -0.1) is 3.97 Å². The smallest absolute Gasteiger partial charge is 0.485 e. The van der Waals surface area contributed by atoms with Crippen LogP contribution in [0.3, 0.4) is 0 Å². The Bertz CT molecular complexity index is 905. The van der Waals surface area contributed by atoms with E-state index in [2.05, 4.69) is 0 Å². The summed E-state index contributed by atoms with van der Waals surface area (Å²) >= 11 is 0. The highest BCUT2D eigenvalue weighted by Crippen LogP contribution is 2.20. The van der Waals surface area contributed by atoms with Crippen LogP contribution in [0.5, 0.6) is 0 Å². The number of hydrogen-bond donors (Lipinski definition) is 0. The summed E-state index contributed by atoms with van der Waals surface area (Å²) in [6.07, 6.45) is 4.47. The van der Waals surface area contributed by atoms with Gasteiger partial charge in [-0.05, 0) is 0 Å². The van der Waals surface area contributed by atoms with Gasteiger partial charge >= 0.3 is 15.7 Å². The Balaban J connectivity index is 0.000000333. The van der Waals surface area contributed by atoms with E-state index in [1.165, 1.54) is 16.8 Å². The fourth-order valence-corrected chi connectivity index (χ4v) is 4.44. The molecular formula is C9H14F3N3O7S3. The summed E-state index contributed by atoms with van der Waals surface area (Å²) in [5.74, 6) is -0.223. The molecule has 0 spiro atoms. The third-order valence-corrected chi connectivity index (χ3v) is 6.87. The van der Waals surface area contributed by atoms with Crippen molar-refractivity contribution in [2.45, 2.75) is 5.51 Å². The molecule has 0 amide bonds. The number of halogens is 3. The van der Waals surface area contributed by atoms with Crippen molar-refractivity contribution < 1.29 is 47.5 Å². The Hall–Kier alpha value is -1.23. The normalized spacial score (nSPS) is 19.1. The van der Waals surface area contributed by atoms with Crippen LogP contribution < -0.4 is 4.57 Å². The minimum atomic E-state index is -6.09. The number of rotatable bonds is 2. The minimum absolute atomic E-state index is 0.0204. The zero-order valence-electron chi connectivity index (χ0n) is 12.6. The van der Waals surface area contributed by atoms with Crippen molar-refractivity contribution in [3.05, 3.63) is 18.7 Å². The van der Waals surface area contributed by atoms with Crippen LogP contribution >= 0.6 is 0 Å². The summed E-state index contributed by atoms with van der Waals surface area (Å²) in [4.78, 5) is 0. The second kappa shape index (κ2) is 7.18. The monoisotopic (exact) mass is 429 g/mol. The molecule has 25 heavy (non-hydrogen) atoms. The summed E-state index contributed by atoms with van der Waals surface area (Å²) < 4.78 is 109. The first-order chi connectivity index (χ1) is 11.1. The topological polar surface area (TPSA) is 138 Å². The third-order valence-electron chi connectivity index (χ3n) is 2.92. The van der Waals surface area contributed by atoms with Gasteiger partial charge in [0.25, 0.3) is 6.33 Å². The number of imidazole rings is 1. The summed E-state index contributed by atoms with van der Waals surface area (Å²) in [6, 6.07) is 0. The number of sulfone groups is 1. The molecule has 2 heterocycles. The van der Waals surface area contributed by atoms with Crippen LogP contribution in [0.15, 0.2) is 18.7 Å². The molecule has 2 rings (SSSR count). The van der Waals surface area contributed by atoms with Crippen molar-refractivity contribution in [3.63, 3.8) is 0 Å². The molecule has 0 radical (unpaired) electrons. The maximum Gasteiger partial charge on any atom is 0.485 e. The van der Waals surface area contributed by atoms with Crippen LogP contribution in [-0.2, 0) is 37.2 Å². The molecule has 1 aromatic rings. The molecule has 1 aliphatic heterocycles. The van der Waals surface area contributed by atoms with Gasteiger partial charge in [0, 0.05) is 13.1 Å². The molecular weight excluding hydrogens is 415 g/mol. The van der Waals surface area contributed by atoms with E-state index in [9.17, 15) is 30.0 Å². The van der Waals surface area contributed by atoms with Gasteiger partial charge in [0.15, 0.2) is 20.0 Å². The van der Waals surface area contributed by atoms with E-state index in [1.807, 2.05) is 0 Å². The zero-order chi connectivity index (χ0) is 19.7. The average molecular weight is 429 g/mol. The Kier molecular flexibility index (Phi) is 6.26. The standard InChI is InChI=1S/C8H14N3O4S2.CHF3O3S/c1-9-2-3-11(8-9)17(14,15)10-4-6-16(12,13)7-5-10;2-1(3,4)8(5,6)7/h2-3,8H,4-7H2,1H3;(H,5,6,7)/q+1;/p-1. The van der Waals surface area contributed by atoms with Crippen LogP contribution in [0.25, 0.3) is 0 Å². The number of alkyl halides is 3. The first-order valence-corrected chi connectivity index (χ1v) is 11.0. The molecule has 0 saturated carbocycles. The SMILES string of the molecule is C[n+]1ccn(S(=O)(=O)N2CCS(=O)(=O)CC2)c1.O=S(=O)([O-])C(F)(F)F. The van der Waals surface area contributed by atoms with E-state index in [1.54, 1.807) is 17.8 Å². The van der Waals surface area contributed by atoms with Gasteiger partial charge < -0.3 is 4.55 Å². The average Bonchev–Trinajstić information content (AvgIpc) is 2.84. The summed E-state index contributed by atoms with van der Waals surface area (Å²) in [5.41, 5.74) is -5.65. The van der Waals surface area contributed by atoms with Crippen LogP contribution in [0.4, 0.5) is 13.2 Å². The number of aromatic nitrogens is 2. The fraction of sp³-hybridized carbons (Fsp3) is 0.667. The molecule has 0 aliphatic carbocycles. The van der Waals surface area contributed by atoms with E-state index < -0.39 is 35.7 Å². The van der Waals surface area contributed by atoms with Gasteiger partial charge in [0.2, 0.25) is 0 Å². The van der Waals surface area contributed by atoms with Crippen LogP contribution in [0, 0.1) is 0 Å². The second-order valence-corrected chi connectivity index (χ2v) is 10.4. The predicted molar refractivity (Wildman–Crippen MR) is 75.9 cm³/mol. The molecule has 1 aromatic heterocycles. The van der Waals surface area contributed by atoms with Crippen molar-refractivity contribution in [1.29, 1.82) is 0 Å². The molecule has 1 saturated heterocycles. The maximum atomic E-state index is 12.1. The molecule has 1 aliphatic rings. The molecule has 1 fully saturated rings. The summed E-state index contributed by atoms with van der Waals surface area (Å²) in [5, 5.41) is 0. The summed E-state index contributed by atoms with van der Waals surface area (Å²) in [6.45, 7) is 0.0408. The van der Waals surface area contributed by atoms with Crippen molar-refractivity contribution in [3.8, 4) is 0 Å². The van der Waals surface area contributed by atoms with Crippen LogP contribution in [0.2, 0.25) is 0 Å². The predicted octanol–water partition coefficient (Wildman–Crippen LogP) is -1.81. The molecule has 0 bridgehead atoms. The maximum absolute atomic E-state index is 12.1. The highest BCUT2D eigenvalue weighted by atomic mass is 32.2. The molecule has 16 heteroatoms. The van der Waals surface area contributed by atoms with Crippen LogP contribution in [-0.4, -0.2) is 68.2 Å². The first-order valence-electron chi connectivity index (χ1n) is 6.33. The molecule has 0 atom stereocenters. The molecule has 10 nitrogen and oxygen atoms in total. The van der Waals surface area contributed by atoms with Gasteiger partial charge in [0.05, 0.1) is 18.6 Å². The van der Waals surface area contributed by atoms with Gasteiger partial charge in [-0.1, -0.05) is 0 Å². The number of nitrogens with zero attached hydrogens (tertiary/aromatic N) is 3. The number of hydrogen-bond acceptors (Lipinski definition) is 7. The third kappa shape index (κ3) is 5.91. The molecule has 146 valence electrons. The van der Waals surface area contributed by atoms with E-state index in [4.69, 9.17) is 13.0 Å². The van der Waals surface area contributed by atoms with E-state index >= 15 is 0 Å². The van der Waals surface area contributed by atoms with Gasteiger partial charge in [-0.25, -0.2) is 21.4 Å². The quantitative estimate of drug-likeness (QED) is 0.307.